The van der Waals surface area contributed by atoms with Crippen LogP contribution in [0, 0.1) is 11.3 Å². The van der Waals surface area contributed by atoms with Crippen molar-refractivity contribution in [3.8, 4) is 0 Å². The molecule has 1 N–H and O–H groups in total. The van der Waals surface area contributed by atoms with Gasteiger partial charge < -0.3 is 5.41 Å². The molecule has 1 atom stereocenters. The van der Waals surface area contributed by atoms with E-state index in [1.165, 1.54) is 6.21 Å². The number of hydrogen-bond donors (Lipinski definition) is 2. The van der Waals surface area contributed by atoms with Crippen LogP contribution < -0.4 is 0 Å². The van der Waals surface area contributed by atoms with Crippen LogP contribution in [0.15, 0.2) is 27.7 Å². The number of hydrogen-bond acceptors (Lipinski definition) is 3. The predicted octanol–water partition coefficient (Wildman–Crippen LogP) is 2.44. The van der Waals surface area contributed by atoms with Gasteiger partial charge >= 0.3 is 0 Å². The van der Waals surface area contributed by atoms with Gasteiger partial charge in [0.1, 0.15) is 0 Å². The van der Waals surface area contributed by atoms with Crippen molar-refractivity contribution in [2.24, 2.45) is 10.3 Å². The number of thiol groups is 1. The Labute approximate surface area is 78.1 Å². The average Bonchev–Trinajstić information content (AvgIpc) is 2.08. The number of nitrogens with zero attached hydrogens (tertiary/aromatic N) is 1. The molecule has 1 aliphatic carbocycles. The van der Waals surface area contributed by atoms with Crippen molar-refractivity contribution in [1.82, 2.24) is 0 Å². The zero-order chi connectivity index (χ0) is 9.14. The highest BCUT2D eigenvalue weighted by molar-refractivity contribution is 7.79. The molecular formula is C9H12N2S. The predicted molar refractivity (Wildman–Crippen MR) is 56.2 cm³/mol. The van der Waals surface area contributed by atoms with Crippen molar-refractivity contribution >= 4 is 24.7 Å². The summed E-state index contributed by atoms with van der Waals surface area (Å²) in [5.74, 6) is 0.0208. The first-order valence-corrected chi connectivity index (χ1v) is 4.18. The van der Waals surface area contributed by atoms with E-state index in [2.05, 4.69) is 17.2 Å². The van der Waals surface area contributed by atoms with E-state index in [-0.39, 0.29) is 5.92 Å². The fourth-order valence-corrected chi connectivity index (χ4v) is 1.54. The normalized spacial score (nSPS) is 26.6. The van der Waals surface area contributed by atoms with Gasteiger partial charge in [-0.1, -0.05) is 17.7 Å². The Morgan fingerprint density at radius 2 is 2.17 bits per heavy atom. The quantitative estimate of drug-likeness (QED) is 0.459. The van der Waals surface area contributed by atoms with Crippen LogP contribution in [0.1, 0.15) is 13.8 Å². The minimum atomic E-state index is 0.0208. The molecule has 2 nitrogen and oxygen atoms in total. The molecule has 3 heteroatoms. The molecule has 0 aromatic heterocycles. The van der Waals surface area contributed by atoms with Gasteiger partial charge in [0.2, 0.25) is 0 Å². The van der Waals surface area contributed by atoms with E-state index in [0.717, 1.165) is 16.9 Å². The second-order valence-electron chi connectivity index (χ2n) is 2.89. The van der Waals surface area contributed by atoms with Crippen molar-refractivity contribution in [3.05, 3.63) is 23.3 Å². The van der Waals surface area contributed by atoms with Crippen LogP contribution in [-0.2, 0) is 0 Å². The summed E-state index contributed by atoms with van der Waals surface area (Å²) in [5, 5.41) is 7.24. The summed E-state index contributed by atoms with van der Waals surface area (Å²) in [6.45, 7) is 3.98. The van der Waals surface area contributed by atoms with Crippen molar-refractivity contribution in [3.63, 3.8) is 0 Å². The summed E-state index contributed by atoms with van der Waals surface area (Å²) < 4.78 is 3.88. The van der Waals surface area contributed by atoms with Gasteiger partial charge in [-0.25, -0.2) is 4.40 Å². The number of allylic oxidation sites excluding steroid dienone is 4. The first-order valence-electron chi connectivity index (χ1n) is 3.78. The van der Waals surface area contributed by atoms with Crippen LogP contribution in [0.25, 0.3) is 0 Å². The maximum absolute atomic E-state index is 7.24. The molecule has 0 aromatic carbocycles. The monoisotopic (exact) mass is 180 g/mol. The van der Waals surface area contributed by atoms with Crippen LogP contribution in [0.3, 0.4) is 0 Å². The zero-order valence-electron chi connectivity index (χ0n) is 7.20. The van der Waals surface area contributed by atoms with Crippen LogP contribution in [0.4, 0.5) is 0 Å². The fraction of sp³-hybridized carbons (Fsp3) is 0.333. The SMILES string of the molecule is CC1=CC=C(C)C(C=N)C1=NS. The van der Waals surface area contributed by atoms with Gasteiger partial charge in [0.15, 0.2) is 0 Å². The summed E-state index contributed by atoms with van der Waals surface area (Å²) >= 11 is 3.89. The van der Waals surface area contributed by atoms with Gasteiger partial charge in [-0.15, -0.1) is 0 Å². The molecule has 0 spiro atoms. The third-order valence-corrected chi connectivity index (χ3v) is 2.28. The molecule has 1 unspecified atom stereocenters. The van der Waals surface area contributed by atoms with Crippen molar-refractivity contribution in [1.29, 1.82) is 5.41 Å². The van der Waals surface area contributed by atoms with Crippen LogP contribution in [0.2, 0.25) is 0 Å². The lowest BCUT2D eigenvalue weighted by atomic mass is 9.87. The molecule has 1 aliphatic rings. The standard InChI is InChI=1S/C9H12N2S/c1-6-3-4-7(2)9(11-12)8(6)5-10/h3-5,8,10,12H,1-2H3. The summed E-state index contributed by atoms with van der Waals surface area (Å²) in [6.07, 6.45) is 5.43. The third-order valence-electron chi connectivity index (χ3n) is 2.06. The molecule has 0 saturated heterocycles. The molecule has 0 amide bonds. The van der Waals surface area contributed by atoms with Gasteiger partial charge in [0.05, 0.1) is 11.6 Å². The molecule has 0 saturated carbocycles. The average molecular weight is 180 g/mol. The molecule has 1 rings (SSSR count). The Morgan fingerprint density at radius 3 is 2.58 bits per heavy atom. The van der Waals surface area contributed by atoms with E-state index in [1.807, 2.05) is 26.0 Å². The first kappa shape index (κ1) is 9.26. The number of rotatable bonds is 1. The van der Waals surface area contributed by atoms with Gasteiger partial charge in [-0.3, -0.25) is 0 Å². The Kier molecular flexibility index (Phi) is 2.87. The molecule has 64 valence electrons. The van der Waals surface area contributed by atoms with E-state index in [0.29, 0.717) is 0 Å². The zero-order valence-corrected chi connectivity index (χ0v) is 8.10. The Hall–Kier alpha value is -0.830. The van der Waals surface area contributed by atoms with E-state index in [9.17, 15) is 0 Å². The van der Waals surface area contributed by atoms with Crippen molar-refractivity contribution in [2.45, 2.75) is 13.8 Å². The molecule has 0 heterocycles. The van der Waals surface area contributed by atoms with Crippen LogP contribution in [-0.4, -0.2) is 11.9 Å². The summed E-state index contributed by atoms with van der Waals surface area (Å²) in [7, 11) is 0. The highest BCUT2D eigenvalue weighted by Gasteiger charge is 2.19. The molecule has 0 aromatic rings. The largest absolute Gasteiger partial charge is 0.312 e. The minimum Gasteiger partial charge on any atom is -0.312 e. The first-order chi connectivity index (χ1) is 5.70. The van der Waals surface area contributed by atoms with E-state index < -0.39 is 0 Å². The molecular weight excluding hydrogens is 168 g/mol. The van der Waals surface area contributed by atoms with E-state index in [1.54, 1.807) is 0 Å². The lowest BCUT2D eigenvalue weighted by Crippen LogP contribution is -2.20. The molecule has 0 radical (unpaired) electrons. The molecule has 0 aliphatic heterocycles. The topological polar surface area (TPSA) is 36.2 Å². The summed E-state index contributed by atoms with van der Waals surface area (Å²) in [4.78, 5) is 0. The van der Waals surface area contributed by atoms with Gasteiger partial charge in [0, 0.05) is 6.21 Å². The van der Waals surface area contributed by atoms with Crippen LogP contribution in [0.5, 0.6) is 0 Å². The summed E-state index contributed by atoms with van der Waals surface area (Å²) in [5.41, 5.74) is 3.11. The molecule has 0 bridgehead atoms. The lowest BCUT2D eigenvalue weighted by Gasteiger charge is -2.18. The van der Waals surface area contributed by atoms with E-state index in [4.69, 9.17) is 5.41 Å². The molecule has 0 fully saturated rings. The second kappa shape index (κ2) is 3.72. The number of nitrogens with one attached hydrogen (secondary N) is 1. The third kappa shape index (κ3) is 1.50. The maximum Gasteiger partial charge on any atom is 0.0637 e. The minimum absolute atomic E-state index is 0.0208. The van der Waals surface area contributed by atoms with Crippen LogP contribution >= 0.6 is 12.8 Å². The van der Waals surface area contributed by atoms with Crippen molar-refractivity contribution < 1.29 is 0 Å². The van der Waals surface area contributed by atoms with Crippen molar-refractivity contribution in [2.75, 3.05) is 0 Å². The second-order valence-corrected chi connectivity index (χ2v) is 3.09. The Morgan fingerprint density at radius 1 is 1.50 bits per heavy atom. The Bertz CT molecular complexity index is 287. The van der Waals surface area contributed by atoms with Gasteiger partial charge in [-0.2, -0.15) is 0 Å². The highest BCUT2D eigenvalue weighted by atomic mass is 32.1. The maximum atomic E-state index is 7.24. The van der Waals surface area contributed by atoms with Gasteiger partial charge in [-0.05, 0) is 32.2 Å². The Balaban J connectivity index is 3.10. The smallest absolute Gasteiger partial charge is 0.0637 e. The summed E-state index contributed by atoms with van der Waals surface area (Å²) in [6, 6.07) is 0. The van der Waals surface area contributed by atoms with Gasteiger partial charge in [0.25, 0.3) is 0 Å². The van der Waals surface area contributed by atoms with E-state index >= 15 is 0 Å². The lowest BCUT2D eigenvalue weighted by molar-refractivity contribution is 1.07. The molecule has 12 heavy (non-hydrogen) atoms. The highest BCUT2D eigenvalue weighted by Crippen LogP contribution is 2.21. The fourth-order valence-electron chi connectivity index (χ4n) is 1.26.